The molecule has 1 aliphatic heterocycles. The lowest BCUT2D eigenvalue weighted by molar-refractivity contribution is 0.507. The fourth-order valence-electron chi connectivity index (χ4n) is 3.78. The number of hydrogen-bond donors (Lipinski definition) is 2. The summed E-state index contributed by atoms with van der Waals surface area (Å²) in [5.74, 6) is -0.0278. The fraction of sp³-hybridized carbons (Fsp3) is 0. The molecule has 5 rings (SSSR count). The Kier molecular flexibility index (Phi) is 3.67. The second-order valence-corrected chi connectivity index (χ2v) is 7.56. The molecule has 0 bridgehead atoms. The summed E-state index contributed by atoms with van der Waals surface area (Å²) in [5.41, 5.74) is 1.78. The van der Waals surface area contributed by atoms with Crippen LogP contribution in [0, 0.1) is 5.41 Å². The Bertz CT molecular complexity index is 1510. The highest BCUT2D eigenvalue weighted by Crippen LogP contribution is 2.32. The van der Waals surface area contributed by atoms with E-state index in [1.165, 1.54) is 0 Å². The van der Waals surface area contributed by atoms with Crippen LogP contribution in [-0.2, 0) is 0 Å². The topological polar surface area (TPSA) is 74.0 Å². The summed E-state index contributed by atoms with van der Waals surface area (Å²) in [6.07, 6.45) is 0. The summed E-state index contributed by atoms with van der Waals surface area (Å²) in [4.78, 5) is 17.5. The molecule has 1 heterocycles. The zero-order valence-electron chi connectivity index (χ0n) is 14.5. The quantitative estimate of drug-likeness (QED) is 0.313. The lowest BCUT2D eigenvalue weighted by atomic mass is 9.91. The Labute approximate surface area is 167 Å². The molecule has 2 N–H and O–H groups in total. The molecule has 0 spiro atoms. The Balaban J connectivity index is 2.05. The Morgan fingerprint density at radius 3 is 2.25 bits per heavy atom. The van der Waals surface area contributed by atoms with Crippen molar-refractivity contribution in [1.29, 1.82) is 5.41 Å². The Hall–Kier alpha value is -3.31. The number of aliphatic hydroxyl groups is 1. The van der Waals surface area contributed by atoms with Crippen LogP contribution in [0.2, 0.25) is 0 Å². The summed E-state index contributed by atoms with van der Waals surface area (Å²) >= 11 is 3.39. The van der Waals surface area contributed by atoms with Crippen molar-refractivity contribution in [2.24, 2.45) is 0 Å². The number of hydrogen-bond acceptors (Lipinski definition) is 4. The summed E-state index contributed by atoms with van der Waals surface area (Å²) in [7, 11) is 0. The number of halogens is 1. The van der Waals surface area contributed by atoms with Crippen molar-refractivity contribution in [3.05, 3.63) is 97.7 Å². The van der Waals surface area contributed by atoms with Crippen LogP contribution in [0.5, 0.6) is 0 Å². The minimum absolute atomic E-state index is 0.0239. The minimum atomic E-state index is -0.0673. The maximum Gasteiger partial charge on any atom is 0.194 e. The zero-order valence-corrected chi connectivity index (χ0v) is 16.1. The molecule has 134 valence electrons. The third kappa shape index (κ3) is 2.33. The van der Waals surface area contributed by atoms with Crippen LogP contribution in [0.3, 0.4) is 0 Å². The first-order valence-corrected chi connectivity index (χ1v) is 9.50. The number of pyridine rings is 1. The van der Waals surface area contributed by atoms with Gasteiger partial charge in [-0.25, -0.2) is 4.98 Å². The number of fused-ring (bicyclic) bond motifs is 2. The Morgan fingerprint density at radius 2 is 1.50 bits per heavy atom. The van der Waals surface area contributed by atoms with Gasteiger partial charge in [0.15, 0.2) is 10.9 Å². The fourth-order valence-corrected chi connectivity index (χ4v) is 4.04. The Morgan fingerprint density at radius 1 is 0.857 bits per heavy atom. The second-order valence-electron chi connectivity index (χ2n) is 6.64. The highest BCUT2D eigenvalue weighted by atomic mass is 79.9. The molecule has 0 aromatic heterocycles. The van der Waals surface area contributed by atoms with Crippen LogP contribution in [-0.4, -0.2) is 10.1 Å². The lowest BCUT2D eigenvalue weighted by Gasteiger charge is -2.14. The summed E-state index contributed by atoms with van der Waals surface area (Å²) < 4.78 is 0.896. The number of rotatable bonds is 1. The van der Waals surface area contributed by atoms with Crippen molar-refractivity contribution in [1.82, 2.24) is 4.98 Å². The SMILES string of the molecule is N=c1nc2c3ccccc3c(=O)c3cccc(c3-2)/c1=C(\O)c1ccc(Br)cc1. The van der Waals surface area contributed by atoms with E-state index in [9.17, 15) is 9.90 Å². The van der Waals surface area contributed by atoms with E-state index in [-0.39, 0.29) is 16.7 Å². The van der Waals surface area contributed by atoms with Crippen molar-refractivity contribution in [3.8, 4) is 11.3 Å². The van der Waals surface area contributed by atoms with Crippen LogP contribution in [0.4, 0.5) is 0 Å². The van der Waals surface area contributed by atoms with E-state index in [1.807, 2.05) is 36.4 Å². The van der Waals surface area contributed by atoms with Gasteiger partial charge in [-0.05, 0) is 17.5 Å². The molecule has 28 heavy (non-hydrogen) atoms. The third-order valence-electron chi connectivity index (χ3n) is 5.06. The van der Waals surface area contributed by atoms with Crippen molar-refractivity contribution >= 4 is 43.2 Å². The summed E-state index contributed by atoms with van der Waals surface area (Å²) in [5, 5.41) is 22.3. The zero-order chi connectivity index (χ0) is 19.4. The molecular formula is C23H13BrN2O2. The molecule has 1 aliphatic carbocycles. The first-order chi connectivity index (χ1) is 13.6. The number of aromatic nitrogens is 1. The number of aliphatic hydroxyl groups excluding tert-OH is 1. The van der Waals surface area contributed by atoms with E-state index in [2.05, 4.69) is 20.9 Å². The van der Waals surface area contributed by atoms with Gasteiger partial charge < -0.3 is 5.11 Å². The van der Waals surface area contributed by atoms with Crippen molar-refractivity contribution < 1.29 is 5.11 Å². The average Bonchev–Trinajstić information content (AvgIpc) is 2.72. The molecule has 0 unspecified atom stereocenters. The lowest BCUT2D eigenvalue weighted by Crippen LogP contribution is -2.32. The summed E-state index contributed by atoms with van der Waals surface area (Å²) in [6, 6.07) is 19.9. The molecule has 0 saturated carbocycles. The number of nitrogens with zero attached hydrogens (tertiary/aromatic N) is 1. The predicted molar refractivity (Wildman–Crippen MR) is 114 cm³/mol. The van der Waals surface area contributed by atoms with Gasteiger partial charge in [0.05, 0.1) is 10.9 Å². The molecule has 5 heteroatoms. The van der Waals surface area contributed by atoms with Crippen molar-refractivity contribution in [2.75, 3.05) is 0 Å². The van der Waals surface area contributed by atoms with Crippen LogP contribution in [0.1, 0.15) is 5.56 Å². The van der Waals surface area contributed by atoms with E-state index < -0.39 is 0 Å². The number of benzene rings is 4. The van der Waals surface area contributed by atoms with Gasteiger partial charge >= 0.3 is 0 Å². The average molecular weight is 429 g/mol. The van der Waals surface area contributed by atoms with Gasteiger partial charge in [0.25, 0.3) is 0 Å². The molecule has 4 nitrogen and oxygen atoms in total. The first-order valence-electron chi connectivity index (χ1n) is 8.71. The molecular weight excluding hydrogens is 416 g/mol. The van der Waals surface area contributed by atoms with Gasteiger partial charge in [-0.15, -0.1) is 0 Å². The van der Waals surface area contributed by atoms with Gasteiger partial charge in [0, 0.05) is 31.8 Å². The van der Waals surface area contributed by atoms with Gasteiger partial charge in [0.1, 0.15) is 5.76 Å². The van der Waals surface area contributed by atoms with Crippen LogP contribution in [0.15, 0.2) is 76.0 Å². The van der Waals surface area contributed by atoms with E-state index in [0.717, 1.165) is 9.86 Å². The molecule has 3 aromatic rings. The van der Waals surface area contributed by atoms with Crippen LogP contribution in [0.25, 0.3) is 38.6 Å². The van der Waals surface area contributed by atoms with Gasteiger partial charge in [-0.3, -0.25) is 10.2 Å². The smallest absolute Gasteiger partial charge is 0.194 e. The van der Waals surface area contributed by atoms with Gasteiger partial charge in [-0.1, -0.05) is 70.5 Å². The highest BCUT2D eigenvalue weighted by molar-refractivity contribution is 9.10. The third-order valence-corrected chi connectivity index (χ3v) is 5.59. The second kappa shape index (κ2) is 6.11. The highest BCUT2D eigenvalue weighted by Gasteiger charge is 2.20. The standard InChI is InChI=1S/C23H13BrN2O2/c24-13-10-8-12(9-11-13)21(27)19-16-6-3-7-17-18(16)20(26-23(19)25)14-4-1-2-5-15(14)22(17)28/h1-11,25,27H/b21-19+,25-23?. The molecule has 2 aliphatic rings. The molecule has 0 saturated heterocycles. The van der Waals surface area contributed by atoms with Gasteiger partial charge in [-0.2, -0.15) is 0 Å². The monoisotopic (exact) mass is 428 g/mol. The maximum absolute atomic E-state index is 13.0. The molecule has 0 radical (unpaired) electrons. The van der Waals surface area contributed by atoms with E-state index in [0.29, 0.717) is 38.2 Å². The normalized spacial score (nSPS) is 12.8. The van der Waals surface area contributed by atoms with E-state index in [1.54, 1.807) is 30.3 Å². The van der Waals surface area contributed by atoms with Crippen molar-refractivity contribution in [3.63, 3.8) is 0 Å². The van der Waals surface area contributed by atoms with E-state index >= 15 is 0 Å². The van der Waals surface area contributed by atoms with Crippen LogP contribution < -0.4 is 16.1 Å². The van der Waals surface area contributed by atoms with Crippen LogP contribution >= 0.6 is 15.9 Å². The summed E-state index contributed by atoms with van der Waals surface area (Å²) in [6.45, 7) is 0. The maximum atomic E-state index is 13.0. The minimum Gasteiger partial charge on any atom is -0.507 e. The molecule has 0 fully saturated rings. The van der Waals surface area contributed by atoms with Gasteiger partial charge in [0.2, 0.25) is 0 Å². The number of nitrogens with one attached hydrogen (secondary N) is 1. The molecule has 0 amide bonds. The van der Waals surface area contributed by atoms with Crippen molar-refractivity contribution in [2.45, 2.75) is 0 Å². The molecule has 0 atom stereocenters. The predicted octanol–water partition coefficient (Wildman–Crippen LogP) is 3.97. The van der Waals surface area contributed by atoms with E-state index in [4.69, 9.17) is 5.41 Å². The largest absolute Gasteiger partial charge is 0.507 e. The first kappa shape index (κ1) is 16.8. The molecule has 3 aromatic carbocycles.